The van der Waals surface area contributed by atoms with Crippen LogP contribution in [0, 0.1) is 0 Å². The van der Waals surface area contributed by atoms with E-state index in [1.165, 1.54) is 13.1 Å². The summed E-state index contributed by atoms with van der Waals surface area (Å²) in [6.07, 6.45) is 3.03. The average Bonchev–Trinajstić information content (AvgIpc) is 2.18. The first-order chi connectivity index (χ1) is 6.10. The first kappa shape index (κ1) is 10.0. The second-order valence-electron chi connectivity index (χ2n) is 2.80. The minimum Gasteiger partial charge on any atom is -0.258 e. The molecule has 13 heavy (non-hydrogen) atoms. The minimum absolute atomic E-state index is 0.243. The lowest BCUT2D eigenvalue weighted by Gasteiger charge is -2.12. The molecule has 0 radical (unpaired) electrons. The van der Waals surface area contributed by atoms with E-state index < -0.39 is 5.92 Å². The molecule has 0 bridgehead atoms. The van der Waals surface area contributed by atoms with Gasteiger partial charge in [-0.2, -0.15) is 8.78 Å². The van der Waals surface area contributed by atoms with Gasteiger partial charge in [0.1, 0.15) is 5.69 Å². The van der Waals surface area contributed by atoms with Gasteiger partial charge in [-0.3, -0.25) is 9.97 Å². The molecule has 1 rings (SSSR count). The van der Waals surface area contributed by atoms with Crippen LogP contribution in [-0.2, 0) is 12.3 Å². The zero-order valence-electron chi connectivity index (χ0n) is 7.72. The summed E-state index contributed by atoms with van der Waals surface area (Å²) in [4.78, 5) is 7.55. The maximum atomic E-state index is 13.0. The van der Waals surface area contributed by atoms with Crippen molar-refractivity contribution in [3.63, 3.8) is 0 Å². The van der Waals surface area contributed by atoms with Crippen LogP contribution >= 0.6 is 0 Å². The van der Waals surface area contributed by atoms with Crippen molar-refractivity contribution in [1.82, 2.24) is 9.97 Å². The Balaban J connectivity index is 2.92. The Morgan fingerprint density at radius 1 is 1.23 bits per heavy atom. The zero-order chi connectivity index (χ0) is 9.90. The van der Waals surface area contributed by atoms with E-state index in [0.717, 1.165) is 11.9 Å². The lowest BCUT2D eigenvalue weighted by atomic mass is 10.2. The Morgan fingerprint density at radius 2 is 1.92 bits per heavy atom. The van der Waals surface area contributed by atoms with E-state index in [9.17, 15) is 8.78 Å². The van der Waals surface area contributed by atoms with Gasteiger partial charge in [0.2, 0.25) is 0 Å². The third-order valence-corrected chi connectivity index (χ3v) is 1.89. The predicted octanol–water partition coefficient (Wildman–Crippen LogP) is 2.54. The quantitative estimate of drug-likeness (QED) is 0.724. The van der Waals surface area contributed by atoms with Crippen molar-refractivity contribution in [2.45, 2.75) is 32.6 Å². The molecule has 0 N–H and O–H groups in total. The lowest BCUT2D eigenvalue weighted by molar-refractivity contribution is -0.0132. The molecule has 0 saturated heterocycles. The Hall–Kier alpha value is -1.06. The Bertz CT molecular complexity index is 269. The molecule has 0 spiro atoms. The van der Waals surface area contributed by atoms with Crippen molar-refractivity contribution in [2.24, 2.45) is 0 Å². The Kier molecular flexibility index (Phi) is 2.90. The first-order valence-corrected chi connectivity index (χ1v) is 4.29. The van der Waals surface area contributed by atoms with E-state index in [1.54, 1.807) is 0 Å². The molecule has 1 aromatic heterocycles. The lowest BCUT2D eigenvalue weighted by Crippen LogP contribution is -2.14. The highest BCUT2D eigenvalue weighted by Crippen LogP contribution is 2.28. The number of alkyl halides is 2. The van der Waals surface area contributed by atoms with Gasteiger partial charge in [0.05, 0.1) is 11.9 Å². The average molecular weight is 186 g/mol. The van der Waals surface area contributed by atoms with Gasteiger partial charge in [-0.05, 0) is 6.42 Å². The first-order valence-electron chi connectivity index (χ1n) is 4.29. The number of hydrogen-bond donors (Lipinski definition) is 0. The van der Waals surface area contributed by atoms with Gasteiger partial charge in [-0.1, -0.05) is 13.8 Å². The Labute approximate surface area is 76.0 Å². The molecule has 2 nitrogen and oxygen atoms in total. The molecular formula is C9H12F2N2. The molecule has 0 unspecified atom stereocenters. The number of halogens is 2. The maximum absolute atomic E-state index is 13.0. The molecule has 0 aliphatic heterocycles. The van der Waals surface area contributed by atoms with E-state index in [2.05, 4.69) is 9.97 Å². The smallest absolute Gasteiger partial charge is 0.258 e. The number of aryl methyl sites for hydroxylation is 1. The standard InChI is InChI=1S/C9H12F2N2/c1-3-7-5-13-8(6-12-7)9(10,11)4-2/h5-6H,3-4H2,1-2H3. The molecule has 4 heteroatoms. The fraction of sp³-hybridized carbons (Fsp3) is 0.556. The molecule has 72 valence electrons. The number of nitrogens with zero attached hydrogens (tertiary/aromatic N) is 2. The number of rotatable bonds is 3. The summed E-state index contributed by atoms with van der Waals surface area (Å²) in [5, 5.41) is 0. The molecule has 0 aliphatic carbocycles. The molecule has 0 aliphatic rings. The van der Waals surface area contributed by atoms with E-state index in [-0.39, 0.29) is 12.1 Å². The van der Waals surface area contributed by atoms with Gasteiger partial charge >= 0.3 is 0 Å². The van der Waals surface area contributed by atoms with Crippen molar-refractivity contribution in [3.8, 4) is 0 Å². The molecule has 0 aromatic carbocycles. The van der Waals surface area contributed by atoms with Crippen LogP contribution in [0.3, 0.4) is 0 Å². The van der Waals surface area contributed by atoms with E-state index in [0.29, 0.717) is 6.42 Å². The van der Waals surface area contributed by atoms with Gasteiger partial charge in [-0.25, -0.2) is 0 Å². The molecule has 0 atom stereocenters. The molecule has 1 aromatic rings. The van der Waals surface area contributed by atoms with Crippen LogP contribution in [0.1, 0.15) is 31.7 Å². The largest absolute Gasteiger partial charge is 0.290 e. The molecule has 0 amide bonds. The van der Waals surface area contributed by atoms with Crippen LogP contribution in [-0.4, -0.2) is 9.97 Å². The van der Waals surface area contributed by atoms with E-state index in [4.69, 9.17) is 0 Å². The van der Waals surface area contributed by atoms with Crippen molar-refractivity contribution in [1.29, 1.82) is 0 Å². The zero-order valence-corrected chi connectivity index (χ0v) is 7.72. The fourth-order valence-electron chi connectivity index (χ4n) is 0.907. The monoisotopic (exact) mass is 186 g/mol. The maximum Gasteiger partial charge on any atom is 0.290 e. The van der Waals surface area contributed by atoms with Gasteiger partial charge in [-0.15, -0.1) is 0 Å². The van der Waals surface area contributed by atoms with Crippen LogP contribution in [0.4, 0.5) is 8.78 Å². The highest BCUT2D eigenvalue weighted by atomic mass is 19.3. The van der Waals surface area contributed by atoms with Crippen LogP contribution < -0.4 is 0 Å². The Morgan fingerprint density at radius 3 is 2.31 bits per heavy atom. The summed E-state index contributed by atoms with van der Waals surface area (Å²) < 4.78 is 26.0. The summed E-state index contributed by atoms with van der Waals surface area (Å²) in [5.74, 6) is -2.85. The summed E-state index contributed by atoms with van der Waals surface area (Å²) >= 11 is 0. The third-order valence-electron chi connectivity index (χ3n) is 1.89. The van der Waals surface area contributed by atoms with Gasteiger partial charge in [0.15, 0.2) is 0 Å². The van der Waals surface area contributed by atoms with Crippen LogP contribution in [0.5, 0.6) is 0 Å². The summed E-state index contributed by atoms with van der Waals surface area (Å²) in [7, 11) is 0. The van der Waals surface area contributed by atoms with Crippen molar-refractivity contribution >= 4 is 0 Å². The normalized spacial score (nSPS) is 11.7. The summed E-state index contributed by atoms with van der Waals surface area (Å²) in [6, 6.07) is 0. The van der Waals surface area contributed by atoms with Crippen LogP contribution in [0.15, 0.2) is 12.4 Å². The number of hydrogen-bond acceptors (Lipinski definition) is 2. The van der Waals surface area contributed by atoms with Crippen LogP contribution in [0.2, 0.25) is 0 Å². The van der Waals surface area contributed by atoms with Gasteiger partial charge < -0.3 is 0 Å². The molecular weight excluding hydrogens is 174 g/mol. The second kappa shape index (κ2) is 3.77. The SMILES string of the molecule is CCc1cnc(C(F)(F)CC)cn1. The molecule has 0 fully saturated rings. The second-order valence-corrected chi connectivity index (χ2v) is 2.80. The van der Waals surface area contributed by atoms with Crippen LogP contribution in [0.25, 0.3) is 0 Å². The van der Waals surface area contributed by atoms with Crippen molar-refractivity contribution < 1.29 is 8.78 Å². The third kappa shape index (κ3) is 2.20. The number of aromatic nitrogens is 2. The van der Waals surface area contributed by atoms with E-state index in [1.807, 2.05) is 6.92 Å². The fourth-order valence-corrected chi connectivity index (χ4v) is 0.907. The minimum atomic E-state index is -2.85. The highest BCUT2D eigenvalue weighted by Gasteiger charge is 2.30. The molecule has 0 saturated carbocycles. The van der Waals surface area contributed by atoms with Crippen molar-refractivity contribution in [3.05, 3.63) is 23.8 Å². The van der Waals surface area contributed by atoms with Crippen molar-refractivity contribution in [2.75, 3.05) is 0 Å². The topological polar surface area (TPSA) is 25.8 Å². The van der Waals surface area contributed by atoms with Gasteiger partial charge in [0, 0.05) is 12.6 Å². The summed E-state index contributed by atoms with van der Waals surface area (Å²) in [5.41, 5.74) is 0.489. The predicted molar refractivity (Wildman–Crippen MR) is 45.6 cm³/mol. The summed E-state index contributed by atoms with van der Waals surface area (Å²) in [6.45, 7) is 3.33. The molecule has 1 heterocycles. The highest BCUT2D eigenvalue weighted by molar-refractivity contribution is 5.07. The van der Waals surface area contributed by atoms with Gasteiger partial charge in [0.25, 0.3) is 5.92 Å². The van der Waals surface area contributed by atoms with E-state index >= 15 is 0 Å².